The maximum Gasteiger partial charge on any atom is 0.335 e. The molecule has 0 aliphatic heterocycles. The van der Waals surface area contributed by atoms with E-state index in [1.165, 1.54) is 12.1 Å². The fourth-order valence-electron chi connectivity index (χ4n) is 2.67. The van der Waals surface area contributed by atoms with E-state index in [1.54, 1.807) is 41.4 Å². The summed E-state index contributed by atoms with van der Waals surface area (Å²) in [6.07, 6.45) is 1.61. The van der Waals surface area contributed by atoms with Gasteiger partial charge in [-0.15, -0.1) is 0 Å². The van der Waals surface area contributed by atoms with Gasteiger partial charge in [0.15, 0.2) is 18.1 Å². The average Bonchev–Trinajstić information content (AvgIpc) is 2.74. The van der Waals surface area contributed by atoms with Gasteiger partial charge in [-0.1, -0.05) is 0 Å². The molecule has 2 rings (SSSR count). The third kappa shape index (κ3) is 6.51. The number of carbonyl (C=O) groups excluding carboxylic acids is 1. The SMILES string of the molecule is CCOc1cc(C=NNc2ccc(C(=O)O)cc2)ccc1OCC(=O)N(CC)CC. The predicted molar refractivity (Wildman–Crippen MR) is 116 cm³/mol. The number of hydrazone groups is 1. The van der Waals surface area contributed by atoms with Crippen molar-refractivity contribution in [3.8, 4) is 11.5 Å². The highest BCUT2D eigenvalue weighted by atomic mass is 16.5. The number of amides is 1. The number of carboxylic acid groups (broad SMARTS) is 1. The lowest BCUT2D eigenvalue weighted by molar-refractivity contribution is -0.133. The summed E-state index contributed by atoms with van der Waals surface area (Å²) in [7, 11) is 0. The van der Waals surface area contributed by atoms with E-state index < -0.39 is 5.97 Å². The molecule has 0 fully saturated rings. The number of likely N-dealkylation sites (N-methyl/N-ethyl adjacent to an activating group) is 1. The lowest BCUT2D eigenvalue weighted by atomic mass is 10.2. The van der Waals surface area contributed by atoms with Gasteiger partial charge in [-0.05, 0) is 68.8 Å². The van der Waals surface area contributed by atoms with Crippen LogP contribution in [0, 0.1) is 0 Å². The molecule has 8 heteroatoms. The lowest BCUT2D eigenvalue weighted by Crippen LogP contribution is -2.34. The van der Waals surface area contributed by atoms with Gasteiger partial charge in [0.25, 0.3) is 5.91 Å². The van der Waals surface area contributed by atoms with Crippen LogP contribution in [-0.4, -0.2) is 54.4 Å². The number of benzene rings is 2. The molecule has 160 valence electrons. The zero-order valence-corrected chi connectivity index (χ0v) is 17.4. The van der Waals surface area contributed by atoms with Gasteiger partial charge in [0.1, 0.15) is 0 Å². The number of nitrogens with zero attached hydrogens (tertiary/aromatic N) is 2. The standard InChI is InChI=1S/C22H27N3O5/c1-4-25(5-2)21(26)15-30-19-12-7-16(13-20(19)29-6-3)14-23-24-18-10-8-17(9-11-18)22(27)28/h7-14,24H,4-6,15H2,1-3H3,(H,27,28). The van der Waals surface area contributed by atoms with E-state index in [1.807, 2.05) is 20.8 Å². The number of carboxylic acids is 1. The van der Waals surface area contributed by atoms with Crippen molar-refractivity contribution < 1.29 is 24.2 Å². The second-order valence-corrected chi connectivity index (χ2v) is 6.25. The number of carbonyl (C=O) groups is 2. The Morgan fingerprint density at radius 3 is 2.33 bits per heavy atom. The van der Waals surface area contributed by atoms with Gasteiger partial charge >= 0.3 is 5.97 Å². The molecule has 0 saturated heterocycles. The van der Waals surface area contributed by atoms with Crippen molar-refractivity contribution in [1.82, 2.24) is 4.90 Å². The quantitative estimate of drug-likeness (QED) is 0.432. The number of ether oxygens (including phenoxy) is 2. The Bertz CT molecular complexity index is 877. The van der Waals surface area contributed by atoms with E-state index in [-0.39, 0.29) is 18.1 Å². The Labute approximate surface area is 176 Å². The number of hydrogen-bond acceptors (Lipinski definition) is 6. The fourth-order valence-corrected chi connectivity index (χ4v) is 2.67. The van der Waals surface area contributed by atoms with Crippen molar-refractivity contribution in [1.29, 1.82) is 0 Å². The highest BCUT2D eigenvalue weighted by Crippen LogP contribution is 2.28. The van der Waals surface area contributed by atoms with Crippen molar-refractivity contribution in [2.75, 3.05) is 31.7 Å². The maximum absolute atomic E-state index is 12.1. The molecule has 0 spiro atoms. The van der Waals surface area contributed by atoms with Crippen LogP contribution in [0.1, 0.15) is 36.7 Å². The van der Waals surface area contributed by atoms with E-state index in [0.717, 1.165) is 5.56 Å². The van der Waals surface area contributed by atoms with Crippen molar-refractivity contribution >= 4 is 23.8 Å². The van der Waals surface area contributed by atoms with E-state index in [2.05, 4.69) is 10.5 Å². The first kappa shape index (κ1) is 22.7. The summed E-state index contributed by atoms with van der Waals surface area (Å²) < 4.78 is 11.3. The monoisotopic (exact) mass is 413 g/mol. The summed E-state index contributed by atoms with van der Waals surface area (Å²) in [6, 6.07) is 11.6. The summed E-state index contributed by atoms with van der Waals surface area (Å²) in [5.41, 5.74) is 4.49. The number of hydrogen-bond donors (Lipinski definition) is 2. The first-order valence-corrected chi connectivity index (χ1v) is 9.78. The smallest absolute Gasteiger partial charge is 0.335 e. The zero-order chi connectivity index (χ0) is 21.9. The van der Waals surface area contributed by atoms with Crippen LogP contribution in [0.25, 0.3) is 0 Å². The molecular formula is C22H27N3O5. The minimum Gasteiger partial charge on any atom is -0.490 e. The van der Waals surface area contributed by atoms with Crippen molar-refractivity contribution in [2.24, 2.45) is 5.10 Å². The van der Waals surface area contributed by atoms with Crippen LogP contribution < -0.4 is 14.9 Å². The molecule has 0 heterocycles. The van der Waals surface area contributed by atoms with Crippen molar-refractivity contribution in [2.45, 2.75) is 20.8 Å². The molecule has 0 unspecified atom stereocenters. The van der Waals surface area contributed by atoms with Crippen LogP contribution in [0.5, 0.6) is 11.5 Å². The predicted octanol–water partition coefficient (Wildman–Crippen LogP) is 3.48. The summed E-state index contributed by atoms with van der Waals surface area (Å²) in [6.45, 7) is 7.40. The first-order chi connectivity index (χ1) is 14.5. The Hall–Kier alpha value is -3.55. The Morgan fingerprint density at radius 2 is 1.73 bits per heavy atom. The third-order valence-corrected chi connectivity index (χ3v) is 4.27. The highest BCUT2D eigenvalue weighted by molar-refractivity contribution is 5.88. The minimum absolute atomic E-state index is 0.0525. The number of nitrogens with one attached hydrogen (secondary N) is 1. The van der Waals surface area contributed by atoms with Crippen LogP contribution in [0.2, 0.25) is 0 Å². The van der Waals surface area contributed by atoms with Gasteiger partial charge < -0.3 is 19.5 Å². The molecule has 0 atom stereocenters. The first-order valence-electron chi connectivity index (χ1n) is 9.78. The Kier molecular flexibility index (Phi) is 8.68. The van der Waals surface area contributed by atoms with E-state index in [0.29, 0.717) is 36.9 Å². The van der Waals surface area contributed by atoms with E-state index >= 15 is 0 Å². The second kappa shape index (κ2) is 11.5. The maximum atomic E-state index is 12.1. The van der Waals surface area contributed by atoms with Crippen molar-refractivity contribution in [3.63, 3.8) is 0 Å². The van der Waals surface area contributed by atoms with Gasteiger partial charge in [0, 0.05) is 13.1 Å². The van der Waals surface area contributed by atoms with Gasteiger partial charge in [-0.3, -0.25) is 10.2 Å². The number of anilines is 1. The normalized spacial score (nSPS) is 10.6. The second-order valence-electron chi connectivity index (χ2n) is 6.25. The average molecular weight is 413 g/mol. The van der Waals surface area contributed by atoms with Gasteiger partial charge in [0.2, 0.25) is 0 Å². The zero-order valence-electron chi connectivity index (χ0n) is 17.4. The third-order valence-electron chi connectivity index (χ3n) is 4.27. The molecule has 2 aromatic carbocycles. The molecule has 1 amide bonds. The molecular weight excluding hydrogens is 386 g/mol. The summed E-state index contributed by atoms with van der Waals surface area (Å²) >= 11 is 0. The molecule has 0 aliphatic rings. The minimum atomic E-state index is -0.977. The Morgan fingerprint density at radius 1 is 1.03 bits per heavy atom. The summed E-state index contributed by atoms with van der Waals surface area (Å²) in [5.74, 6) is -0.0350. The molecule has 2 aromatic rings. The van der Waals surface area contributed by atoms with Crippen LogP contribution in [0.3, 0.4) is 0 Å². The van der Waals surface area contributed by atoms with Gasteiger partial charge in [0.05, 0.1) is 24.1 Å². The summed E-state index contributed by atoms with van der Waals surface area (Å²) in [4.78, 5) is 24.7. The lowest BCUT2D eigenvalue weighted by Gasteiger charge is -2.19. The van der Waals surface area contributed by atoms with Crippen LogP contribution in [0.15, 0.2) is 47.6 Å². The highest BCUT2D eigenvalue weighted by Gasteiger charge is 2.12. The van der Waals surface area contributed by atoms with E-state index in [9.17, 15) is 9.59 Å². The van der Waals surface area contributed by atoms with Crippen LogP contribution in [-0.2, 0) is 4.79 Å². The van der Waals surface area contributed by atoms with Crippen LogP contribution in [0.4, 0.5) is 5.69 Å². The molecule has 0 aliphatic carbocycles. The van der Waals surface area contributed by atoms with Crippen molar-refractivity contribution in [3.05, 3.63) is 53.6 Å². The molecule has 0 saturated carbocycles. The molecule has 0 bridgehead atoms. The molecule has 0 radical (unpaired) electrons. The largest absolute Gasteiger partial charge is 0.490 e. The van der Waals surface area contributed by atoms with Crippen LogP contribution >= 0.6 is 0 Å². The van der Waals surface area contributed by atoms with Gasteiger partial charge in [-0.2, -0.15) is 5.10 Å². The summed E-state index contributed by atoms with van der Waals surface area (Å²) in [5, 5.41) is 13.1. The topological polar surface area (TPSA) is 100 Å². The number of aromatic carboxylic acids is 1. The Balaban J connectivity index is 2.03. The number of rotatable bonds is 11. The fraction of sp³-hybridized carbons (Fsp3) is 0.318. The molecule has 2 N–H and O–H groups in total. The van der Waals surface area contributed by atoms with E-state index in [4.69, 9.17) is 14.6 Å². The molecule has 0 aromatic heterocycles. The van der Waals surface area contributed by atoms with Gasteiger partial charge in [-0.25, -0.2) is 4.79 Å². The molecule has 30 heavy (non-hydrogen) atoms. The molecule has 8 nitrogen and oxygen atoms in total.